The molecule has 31 heavy (non-hydrogen) atoms. The smallest absolute Gasteiger partial charge is 0.306 e. The van der Waals surface area contributed by atoms with E-state index in [0.29, 0.717) is 23.6 Å². The monoisotopic (exact) mass is 424 g/mol. The number of nitriles is 1. The lowest BCUT2D eigenvalue weighted by Gasteiger charge is -2.22. The van der Waals surface area contributed by atoms with Crippen LogP contribution in [0.3, 0.4) is 0 Å². The average molecular weight is 424 g/mol. The van der Waals surface area contributed by atoms with Gasteiger partial charge in [0.2, 0.25) is 0 Å². The number of nitrogens with zero attached hydrogens (tertiary/aromatic N) is 2. The van der Waals surface area contributed by atoms with Crippen LogP contribution in [0.25, 0.3) is 0 Å². The van der Waals surface area contributed by atoms with Gasteiger partial charge in [-0.25, -0.2) is 0 Å². The molecule has 2 aromatic carbocycles. The first-order valence-electron chi connectivity index (χ1n) is 9.99. The second-order valence-corrected chi connectivity index (χ2v) is 7.18. The SMILES string of the molecule is COc1cc(CCC(=O)OCC(=O)N(CCC#N)c2cc(C)cc(C)c2)cc(OC)c1. The van der Waals surface area contributed by atoms with Crippen LogP contribution in [-0.4, -0.2) is 39.2 Å². The summed E-state index contributed by atoms with van der Waals surface area (Å²) in [6, 6.07) is 13.2. The number of benzene rings is 2. The van der Waals surface area contributed by atoms with Crippen LogP contribution < -0.4 is 14.4 Å². The fourth-order valence-electron chi connectivity index (χ4n) is 3.22. The molecule has 0 aliphatic carbocycles. The van der Waals surface area contributed by atoms with Gasteiger partial charge in [-0.05, 0) is 61.2 Å². The second-order valence-electron chi connectivity index (χ2n) is 7.18. The first kappa shape index (κ1) is 23.7. The average Bonchev–Trinajstić information content (AvgIpc) is 2.75. The number of esters is 1. The third-order valence-electron chi connectivity index (χ3n) is 4.65. The summed E-state index contributed by atoms with van der Waals surface area (Å²) in [6.07, 6.45) is 0.728. The first-order valence-corrected chi connectivity index (χ1v) is 9.99. The molecule has 0 radical (unpaired) electrons. The molecule has 0 fully saturated rings. The van der Waals surface area contributed by atoms with Crippen molar-refractivity contribution in [1.82, 2.24) is 0 Å². The predicted molar refractivity (Wildman–Crippen MR) is 117 cm³/mol. The van der Waals surface area contributed by atoms with E-state index in [-0.39, 0.29) is 31.9 Å². The minimum atomic E-state index is -0.476. The van der Waals surface area contributed by atoms with Gasteiger partial charge in [-0.3, -0.25) is 9.59 Å². The zero-order valence-corrected chi connectivity index (χ0v) is 18.4. The highest BCUT2D eigenvalue weighted by molar-refractivity contribution is 5.95. The van der Waals surface area contributed by atoms with Gasteiger partial charge in [0.1, 0.15) is 11.5 Å². The minimum absolute atomic E-state index is 0.116. The zero-order chi connectivity index (χ0) is 22.8. The molecule has 0 N–H and O–H groups in total. The van der Waals surface area contributed by atoms with Gasteiger partial charge in [0.25, 0.3) is 5.91 Å². The first-order chi connectivity index (χ1) is 14.9. The maximum absolute atomic E-state index is 12.7. The van der Waals surface area contributed by atoms with Crippen molar-refractivity contribution < 1.29 is 23.8 Å². The van der Waals surface area contributed by atoms with Crippen molar-refractivity contribution in [3.8, 4) is 17.6 Å². The van der Waals surface area contributed by atoms with E-state index in [1.165, 1.54) is 4.90 Å². The van der Waals surface area contributed by atoms with Crippen LogP contribution in [0.15, 0.2) is 36.4 Å². The predicted octanol–water partition coefficient (Wildman–Crippen LogP) is 3.74. The maximum Gasteiger partial charge on any atom is 0.306 e. The van der Waals surface area contributed by atoms with E-state index in [0.717, 1.165) is 16.7 Å². The summed E-state index contributed by atoms with van der Waals surface area (Å²) >= 11 is 0. The van der Waals surface area contributed by atoms with E-state index in [4.69, 9.17) is 19.5 Å². The number of anilines is 1. The number of amides is 1. The lowest BCUT2D eigenvalue weighted by Crippen LogP contribution is -2.35. The Morgan fingerprint density at radius 1 is 0.968 bits per heavy atom. The molecule has 0 heterocycles. The Kier molecular flexibility index (Phi) is 8.89. The van der Waals surface area contributed by atoms with Crippen molar-refractivity contribution in [2.24, 2.45) is 0 Å². The Morgan fingerprint density at radius 2 is 1.58 bits per heavy atom. The molecule has 0 aromatic heterocycles. The summed E-state index contributed by atoms with van der Waals surface area (Å²) in [5.41, 5.74) is 3.58. The Hall–Kier alpha value is -3.53. The highest BCUT2D eigenvalue weighted by Crippen LogP contribution is 2.23. The summed E-state index contributed by atoms with van der Waals surface area (Å²) in [4.78, 5) is 26.4. The Balaban J connectivity index is 1.97. The van der Waals surface area contributed by atoms with E-state index in [2.05, 4.69) is 6.07 Å². The van der Waals surface area contributed by atoms with E-state index >= 15 is 0 Å². The number of ether oxygens (including phenoxy) is 3. The molecule has 0 aliphatic rings. The molecule has 0 bridgehead atoms. The van der Waals surface area contributed by atoms with Gasteiger partial charge in [0.15, 0.2) is 6.61 Å². The quantitative estimate of drug-likeness (QED) is 0.540. The summed E-state index contributed by atoms with van der Waals surface area (Å²) in [6.45, 7) is 3.74. The number of carbonyl (C=O) groups excluding carboxylic acids is 2. The van der Waals surface area contributed by atoms with Gasteiger partial charge in [0, 0.05) is 24.7 Å². The van der Waals surface area contributed by atoms with Crippen molar-refractivity contribution in [3.63, 3.8) is 0 Å². The largest absolute Gasteiger partial charge is 0.497 e. The van der Waals surface area contributed by atoms with Gasteiger partial charge in [-0.2, -0.15) is 5.26 Å². The van der Waals surface area contributed by atoms with Crippen LogP contribution in [0, 0.1) is 25.2 Å². The van der Waals surface area contributed by atoms with E-state index in [1.807, 2.05) is 44.2 Å². The molecule has 0 spiro atoms. The molecule has 164 valence electrons. The van der Waals surface area contributed by atoms with Gasteiger partial charge >= 0.3 is 5.97 Å². The lowest BCUT2D eigenvalue weighted by atomic mass is 10.1. The molecule has 7 nitrogen and oxygen atoms in total. The van der Waals surface area contributed by atoms with Crippen molar-refractivity contribution >= 4 is 17.6 Å². The molecular formula is C24H28N2O5. The molecule has 2 rings (SSSR count). The molecule has 2 aromatic rings. The van der Waals surface area contributed by atoms with Crippen molar-refractivity contribution in [1.29, 1.82) is 5.26 Å². The molecule has 0 saturated carbocycles. The van der Waals surface area contributed by atoms with Gasteiger partial charge in [-0.15, -0.1) is 0 Å². The zero-order valence-electron chi connectivity index (χ0n) is 18.4. The third kappa shape index (κ3) is 7.34. The maximum atomic E-state index is 12.7. The highest BCUT2D eigenvalue weighted by Gasteiger charge is 2.18. The van der Waals surface area contributed by atoms with Crippen molar-refractivity contribution in [2.75, 3.05) is 32.3 Å². The van der Waals surface area contributed by atoms with Gasteiger partial charge in [0.05, 0.1) is 26.7 Å². The Morgan fingerprint density at radius 3 is 2.13 bits per heavy atom. The molecule has 0 atom stereocenters. The molecule has 0 aliphatic heterocycles. The van der Waals surface area contributed by atoms with Crippen LogP contribution in [0.1, 0.15) is 29.5 Å². The minimum Gasteiger partial charge on any atom is -0.497 e. The number of rotatable bonds is 10. The molecule has 0 saturated heterocycles. The standard InChI is InChI=1S/C24H28N2O5/c1-17-10-18(2)12-20(11-17)26(9-5-8-25)23(27)16-31-24(28)7-6-19-13-21(29-3)15-22(14-19)30-4/h10-15H,5-7,9,16H2,1-4H3. The summed E-state index contributed by atoms with van der Waals surface area (Å²) in [5, 5.41) is 8.93. The molecule has 0 unspecified atom stereocenters. The normalized spacial score (nSPS) is 10.2. The second kappa shape index (κ2) is 11.6. The molecule has 1 amide bonds. The van der Waals surface area contributed by atoms with Crippen LogP contribution >= 0.6 is 0 Å². The van der Waals surface area contributed by atoms with E-state index in [1.54, 1.807) is 20.3 Å². The van der Waals surface area contributed by atoms with Gasteiger partial charge < -0.3 is 19.1 Å². The topological polar surface area (TPSA) is 88.9 Å². The molecule has 7 heteroatoms. The Bertz CT molecular complexity index is 922. The number of methoxy groups -OCH3 is 2. The van der Waals surface area contributed by atoms with Gasteiger partial charge in [-0.1, -0.05) is 6.07 Å². The van der Waals surface area contributed by atoms with E-state index in [9.17, 15) is 9.59 Å². The number of carbonyl (C=O) groups is 2. The Labute approximate surface area is 183 Å². The summed E-state index contributed by atoms with van der Waals surface area (Å²) in [7, 11) is 3.12. The van der Waals surface area contributed by atoms with Crippen molar-refractivity contribution in [2.45, 2.75) is 33.1 Å². The summed E-state index contributed by atoms with van der Waals surface area (Å²) in [5.74, 6) is 0.436. The molecular weight excluding hydrogens is 396 g/mol. The fourth-order valence-corrected chi connectivity index (χ4v) is 3.22. The highest BCUT2D eigenvalue weighted by atomic mass is 16.5. The van der Waals surface area contributed by atoms with E-state index < -0.39 is 5.97 Å². The third-order valence-corrected chi connectivity index (χ3v) is 4.65. The van der Waals surface area contributed by atoms with Crippen LogP contribution in [-0.2, 0) is 20.7 Å². The fraction of sp³-hybridized carbons (Fsp3) is 0.375. The lowest BCUT2D eigenvalue weighted by molar-refractivity contribution is -0.147. The number of hydrogen-bond donors (Lipinski definition) is 0. The van der Waals surface area contributed by atoms with Crippen LogP contribution in [0.5, 0.6) is 11.5 Å². The van der Waals surface area contributed by atoms with Crippen LogP contribution in [0.2, 0.25) is 0 Å². The number of hydrogen-bond acceptors (Lipinski definition) is 6. The van der Waals surface area contributed by atoms with Crippen LogP contribution in [0.4, 0.5) is 5.69 Å². The van der Waals surface area contributed by atoms with Crippen molar-refractivity contribution in [3.05, 3.63) is 53.1 Å². The number of aryl methyl sites for hydroxylation is 3. The summed E-state index contributed by atoms with van der Waals surface area (Å²) < 4.78 is 15.7.